The van der Waals surface area contributed by atoms with Gasteiger partial charge in [-0.25, -0.2) is 4.98 Å². The highest BCUT2D eigenvalue weighted by atomic mass is 79.9. The first-order valence-corrected chi connectivity index (χ1v) is 7.21. The van der Waals surface area contributed by atoms with Crippen LogP contribution >= 0.6 is 27.7 Å². The molecular formula is C10H15BrN2OS. The maximum atomic E-state index is 5.41. The standard InChI is InChI=1S/C10H15BrN2OS/c11-7-10(1-5-14-6-2-10)8-15-9-12-3-4-13-9/h3-4H,1-2,5-8H2,(H,12,13). The number of aromatic nitrogens is 2. The lowest BCUT2D eigenvalue weighted by Gasteiger charge is -2.35. The van der Waals surface area contributed by atoms with Gasteiger partial charge in [0.15, 0.2) is 5.16 Å². The molecule has 5 heteroatoms. The minimum atomic E-state index is 0.385. The number of aromatic amines is 1. The number of nitrogens with one attached hydrogen (secondary N) is 1. The van der Waals surface area contributed by atoms with E-state index in [0.29, 0.717) is 5.41 Å². The third kappa shape index (κ3) is 2.98. The van der Waals surface area contributed by atoms with E-state index in [0.717, 1.165) is 42.3 Å². The van der Waals surface area contributed by atoms with Crippen LogP contribution in [0.25, 0.3) is 0 Å². The van der Waals surface area contributed by atoms with E-state index in [1.807, 2.05) is 6.20 Å². The van der Waals surface area contributed by atoms with Crippen LogP contribution in [-0.4, -0.2) is 34.3 Å². The molecule has 0 radical (unpaired) electrons. The molecule has 2 rings (SSSR count). The molecule has 1 aromatic heterocycles. The third-order valence-corrected chi connectivity index (χ3v) is 5.27. The molecular weight excluding hydrogens is 276 g/mol. The molecule has 0 saturated carbocycles. The summed E-state index contributed by atoms with van der Waals surface area (Å²) in [5.74, 6) is 1.11. The van der Waals surface area contributed by atoms with Crippen molar-refractivity contribution in [2.75, 3.05) is 24.3 Å². The molecule has 0 aliphatic carbocycles. The van der Waals surface area contributed by atoms with Crippen LogP contribution in [0, 0.1) is 5.41 Å². The first-order chi connectivity index (χ1) is 7.35. The number of thioether (sulfide) groups is 1. The average molecular weight is 291 g/mol. The Labute approximate surface area is 103 Å². The van der Waals surface area contributed by atoms with Crippen LogP contribution < -0.4 is 0 Å². The van der Waals surface area contributed by atoms with E-state index in [4.69, 9.17) is 4.74 Å². The Morgan fingerprint density at radius 3 is 2.93 bits per heavy atom. The quantitative estimate of drug-likeness (QED) is 0.684. The zero-order chi connectivity index (χ0) is 10.6. The number of halogens is 1. The molecule has 0 spiro atoms. The van der Waals surface area contributed by atoms with Gasteiger partial charge in [-0.15, -0.1) is 0 Å². The number of rotatable bonds is 4. The molecule has 1 aliphatic heterocycles. The van der Waals surface area contributed by atoms with E-state index in [-0.39, 0.29) is 0 Å². The van der Waals surface area contributed by atoms with Crippen LogP contribution in [0.3, 0.4) is 0 Å². The minimum Gasteiger partial charge on any atom is -0.381 e. The zero-order valence-corrected chi connectivity index (χ0v) is 10.9. The van der Waals surface area contributed by atoms with Crippen molar-refractivity contribution in [3.05, 3.63) is 12.4 Å². The van der Waals surface area contributed by atoms with Crippen molar-refractivity contribution in [1.82, 2.24) is 9.97 Å². The topological polar surface area (TPSA) is 37.9 Å². The Balaban J connectivity index is 1.89. The molecule has 0 atom stereocenters. The van der Waals surface area contributed by atoms with Gasteiger partial charge in [0.05, 0.1) is 0 Å². The van der Waals surface area contributed by atoms with Gasteiger partial charge in [-0.1, -0.05) is 27.7 Å². The van der Waals surface area contributed by atoms with Crippen molar-refractivity contribution >= 4 is 27.7 Å². The van der Waals surface area contributed by atoms with E-state index in [2.05, 4.69) is 25.9 Å². The number of alkyl halides is 1. The van der Waals surface area contributed by atoms with Crippen molar-refractivity contribution in [2.45, 2.75) is 18.0 Å². The number of imidazole rings is 1. The summed E-state index contributed by atoms with van der Waals surface area (Å²) in [5, 5.41) is 2.07. The molecule has 3 nitrogen and oxygen atoms in total. The molecule has 0 bridgehead atoms. The van der Waals surface area contributed by atoms with Crippen molar-refractivity contribution in [1.29, 1.82) is 0 Å². The van der Waals surface area contributed by atoms with Gasteiger partial charge in [-0.3, -0.25) is 0 Å². The maximum Gasteiger partial charge on any atom is 0.165 e. The van der Waals surface area contributed by atoms with E-state index < -0.39 is 0 Å². The molecule has 1 saturated heterocycles. The molecule has 0 aromatic carbocycles. The summed E-state index contributed by atoms with van der Waals surface area (Å²) in [6.07, 6.45) is 5.96. The highest BCUT2D eigenvalue weighted by Gasteiger charge is 2.31. The predicted octanol–water partition coefficient (Wildman–Crippen LogP) is 2.69. The van der Waals surface area contributed by atoms with Crippen LogP contribution in [0.2, 0.25) is 0 Å². The van der Waals surface area contributed by atoms with Gasteiger partial charge >= 0.3 is 0 Å². The van der Waals surface area contributed by atoms with Gasteiger partial charge in [-0.05, 0) is 18.3 Å². The van der Waals surface area contributed by atoms with Gasteiger partial charge in [0.1, 0.15) is 0 Å². The van der Waals surface area contributed by atoms with Crippen LogP contribution in [0.1, 0.15) is 12.8 Å². The van der Waals surface area contributed by atoms with Crippen LogP contribution in [-0.2, 0) is 4.74 Å². The zero-order valence-electron chi connectivity index (χ0n) is 8.54. The van der Waals surface area contributed by atoms with Crippen molar-refractivity contribution < 1.29 is 4.74 Å². The summed E-state index contributed by atoms with van der Waals surface area (Å²) in [6, 6.07) is 0. The second kappa shape index (κ2) is 5.37. The summed E-state index contributed by atoms with van der Waals surface area (Å²) < 4.78 is 5.41. The molecule has 15 heavy (non-hydrogen) atoms. The van der Waals surface area contributed by atoms with Crippen molar-refractivity contribution in [3.63, 3.8) is 0 Å². The Hall–Kier alpha value is -0.0000000000000000763. The minimum absolute atomic E-state index is 0.385. The Morgan fingerprint density at radius 2 is 2.33 bits per heavy atom. The first-order valence-electron chi connectivity index (χ1n) is 5.11. The monoisotopic (exact) mass is 290 g/mol. The second-order valence-electron chi connectivity index (χ2n) is 3.93. The van der Waals surface area contributed by atoms with Crippen LogP contribution in [0.4, 0.5) is 0 Å². The molecule has 1 aromatic rings. The normalized spacial score (nSPS) is 20.3. The summed E-state index contributed by atoms with van der Waals surface area (Å²) in [4.78, 5) is 7.35. The fraction of sp³-hybridized carbons (Fsp3) is 0.700. The summed E-state index contributed by atoms with van der Waals surface area (Å²) in [5.41, 5.74) is 0.385. The van der Waals surface area contributed by atoms with Crippen molar-refractivity contribution in [3.8, 4) is 0 Å². The molecule has 84 valence electrons. The largest absolute Gasteiger partial charge is 0.381 e. The number of hydrogen-bond acceptors (Lipinski definition) is 3. The van der Waals surface area contributed by atoms with Gasteiger partial charge in [0.25, 0.3) is 0 Å². The Bertz CT molecular complexity index is 286. The molecule has 1 fully saturated rings. The summed E-state index contributed by atoms with van der Waals surface area (Å²) in [6.45, 7) is 1.79. The van der Waals surface area contributed by atoms with Crippen LogP contribution in [0.15, 0.2) is 17.6 Å². The van der Waals surface area contributed by atoms with E-state index in [1.54, 1.807) is 18.0 Å². The third-order valence-electron chi connectivity index (χ3n) is 2.83. The smallest absolute Gasteiger partial charge is 0.165 e. The van der Waals surface area contributed by atoms with Crippen LogP contribution in [0.5, 0.6) is 0 Å². The lowest BCUT2D eigenvalue weighted by atomic mass is 9.85. The average Bonchev–Trinajstić information content (AvgIpc) is 2.81. The SMILES string of the molecule is BrCC1(CSc2ncc[nH]2)CCOCC1. The summed E-state index contributed by atoms with van der Waals surface area (Å²) >= 11 is 5.44. The van der Waals surface area contributed by atoms with Gasteiger partial charge < -0.3 is 9.72 Å². The van der Waals surface area contributed by atoms with Gasteiger partial charge in [0.2, 0.25) is 0 Å². The van der Waals surface area contributed by atoms with Gasteiger partial charge in [-0.2, -0.15) is 0 Å². The lowest BCUT2D eigenvalue weighted by Crippen LogP contribution is -2.33. The van der Waals surface area contributed by atoms with E-state index >= 15 is 0 Å². The number of ether oxygens (including phenoxy) is 1. The van der Waals surface area contributed by atoms with Crippen molar-refractivity contribution in [2.24, 2.45) is 5.41 Å². The molecule has 1 aliphatic rings. The number of H-pyrrole nitrogens is 1. The molecule has 0 amide bonds. The Morgan fingerprint density at radius 1 is 1.53 bits per heavy atom. The molecule has 0 unspecified atom stereocenters. The number of hydrogen-bond donors (Lipinski definition) is 1. The second-order valence-corrected chi connectivity index (χ2v) is 5.45. The first kappa shape index (κ1) is 11.5. The highest BCUT2D eigenvalue weighted by Crippen LogP contribution is 2.37. The van der Waals surface area contributed by atoms with E-state index in [9.17, 15) is 0 Å². The fourth-order valence-electron chi connectivity index (χ4n) is 1.67. The molecule has 2 heterocycles. The fourth-order valence-corrected chi connectivity index (χ4v) is 3.81. The predicted molar refractivity (Wildman–Crippen MR) is 65.6 cm³/mol. The number of nitrogens with zero attached hydrogens (tertiary/aromatic N) is 1. The highest BCUT2D eigenvalue weighted by molar-refractivity contribution is 9.09. The molecule has 1 N–H and O–H groups in total. The lowest BCUT2D eigenvalue weighted by molar-refractivity contribution is 0.0374. The van der Waals surface area contributed by atoms with E-state index in [1.165, 1.54) is 0 Å². The maximum absolute atomic E-state index is 5.41. The Kier molecular flexibility index (Phi) is 4.11. The summed E-state index contributed by atoms with van der Waals surface area (Å²) in [7, 11) is 0. The van der Waals surface area contributed by atoms with Gasteiger partial charge in [0, 0.05) is 36.7 Å².